The molecule has 0 aromatic heterocycles. The largest absolute Gasteiger partial charge is 0.468 e. The van der Waals surface area contributed by atoms with Crippen molar-refractivity contribution >= 4 is 11.7 Å². The van der Waals surface area contributed by atoms with Gasteiger partial charge in [0.2, 0.25) is 0 Å². The van der Waals surface area contributed by atoms with Gasteiger partial charge in [0.15, 0.2) is 11.6 Å². The van der Waals surface area contributed by atoms with Crippen LogP contribution in [0.3, 0.4) is 0 Å². The van der Waals surface area contributed by atoms with Gasteiger partial charge in [0.05, 0.1) is 12.8 Å². The van der Waals surface area contributed by atoms with Gasteiger partial charge in [0.25, 0.3) is 0 Å². The molecule has 14 heavy (non-hydrogen) atoms. The molecule has 0 fully saturated rings. The maximum Gasteiger partial charge on any atom is 0.325 e. The molecular weight excluding hydrogens is 192 g/mol. The van der Waals surface area contributed by atoms with Crippen LogP contribution >= 0.6 is 0 Å². The highest BCUT2D eigenvalue weighted by atomic mass is 19.2. The zero-order valence-corrected chi connectivity index (χ0v) is 7.51. The number of ether oxygens (including phenoxy) is 1. The first kappa shape index (κ1) is 10.4. The third-order valence-electron chi connectivity index (χ3n) is 1.60. The Morgan fingerprint density at radius 1 is 1.50 bits per heavy atom. The van der Waals surface area contributed by atoms with Crippen LogP contribution < -0.4 is 5.32 Å². The van der Waals surface area contributed by atoms with E-state index in [9.17, 15) is 13.6 Å². The van der Waals surface area contributed by atoms with Crippen molar-refractivity contribution in [3.63, 3.8) is 0 Å². The van der Waals surface area contributed by atoms with Gasteiger partial charge < -0.3 is 10.1 Å². The molecule has 0 aliphatic heterocycles. The SMILES string of the molecule is COC(=O)CNc1cccc(F)c1F. The number of benzene rings is 1. The van der Waals surface area contributed by atoms with Gasteiger partial charge in [-0.15, -0.1) is 0 Å². The number of nitrogens with one attached hydrogen (secondary N) is 1. The van der Waals surface area contributed by atoms with E-state index < -0.39 is 17.6 Å². The topological polar surface area (TPSA) is 38.3 Å². The van der Waals surface area contributed by atoms with Crippen molar-refractivity contribution in [1.29, 1.82) is 0 Å². The van der Waals surface area contributed by atoms with Crippen LogP contribution in [0.25, 0.3) is 0 Å². The van der Waals surface area contributed by atoms with Crippen LogP contribution in [0, 0.1) is 11.6 Å². The predicted octanol–water partition coefficient (Wildman–Crippen LogP) is 1.55. The van der Waals surface area contributed by atoms with Crippen LogP contribution in [0.1, 0.15) is 0 Å². The fourth-order valence-corrected chi connectivity index (χ4v) is 0.880. The second-order valence-corrected chi connectivity index (χ2v) is 2.53. The lowest BCUT2D eigenvalue weighted by Gasteiger charge is -2.05. The van der Waals surface area contributed by atoms with Crippen LogP contribution in [-0.2, 0) is 9.53 Å². The van der Waals surface area contributed by atoms with Crippen LogP contribution in [-0.4, -0.2) is 19.6 Å². The molecule has 0 aliphatic carbocycles. The molecule has 76 valence electrons. The molecule has 0 spiro atoms. The Balaban J connectivity index is 2.68. The van der Waals surface area contributed by atoms with E-state index in [1.54, 1.807) is 0 Å². The fraction of sp³-hybridized carbons (Fsp3) is 0.222. The van der Waals surface area contributed by atoms with Crippen molar-refractivity contribution in [2.24, 2.45) is 0 Å². The zero-order valence-electron chi connectivity index (χ0n) is 7.51. The Labute approximate surface area is 79.7 Å². The van der Waals surface area contributed by atoms with Gasteiger partial charge in [0.1, 0.15) is 6.54 Å². The van der Waals surface area contributed by atoms with Gasteiger partial charge in [-0.05, 0) is 12.1 Å². The lowest BCUT2D eigenvalue weighted by Crippen LogP contribution is -2.15. The van der Waals surface area contributed by atoms with Crippen molar-refractivity contribution < 1.29 is 18.3 Å². The van der Waals surface area contributed by atoms with Crippen molar-refractivity contribution in [3.05, 3.63) is 29.8 Å². The average Bonchev–Trinajstić information content (AvgIpc) is 2.20. The Morgan fingerprint density at radius 2 is 2.21 bits per heavy atom. The number of rotatable bonds is 3. The molecule has 0 atom stereocenters. The van der Waals surface area contributed by atoms with Crippen molar-refractivity contribution in [1.82, 2.24) is 0 Å². The summed E-state index contributed by atoms with van der Waals surface area (Å²) >= 11 is 0. The summed E-state index contributed by atoms with van der Waals surface area (Å²) in [4.78, 5) is 10.7. The summed E-state index contributed by atoms with van der Waals surface area (Å²) < 4.78 is 29.9. The standard InChI is InChI=1S/C9H9F2NO2/c1-14-8(13)5-12-7-4-2-3-6(10)9(7)11/h2-4,12H,5H2,1H3. The summed E-state index contributed by atoms with van der Waals surface area (Å²) in [5.74, 6) is -2.51. The molecule has 5 heteroatoms. The monoisotopic (exact) mass is 201 g/mol. The van der Waals surface area contributed by atoms with Gasteiger partial charge in [-0.1, -0.05) is 6.07 Å². The molecule has 1 aromatic rings. The maximum atomic E-state index is 13.0. The molecule has 0 heterocycles. The fourth-order valence-electron chi connectivity index (χ4n) is 0.880. The lowest BCUT2D eigenvalue weighted by atomic mass is 10.3. The summed E-state index contributed by atoms with van der Waals surface area (Å²) in [6.07, 6.45) is 0. The lowest BCUT2D eigenvalue weighted by molar-refractivity contribution is -0.138. The second kappa shape index (κ2) is 4.55. The van der Waals surface area contributed by atoms with E-state index >= 15 is 0 Å². The first-order chi connectivity index (χ1) is 6.65. The summed E-state index contributed by atoms with van der Waals surface area (Å²) in [7, 11) is 1.21. The number of hydrogen-bond donors (Lipinski definition) is 1. The van der Waals surface area contributed by atoms with Crippen LogP contribution in [0.2, 0.25) is 0 Å². The zero-order chi connectivity index (χ0) is 10.6. The third kappa shape index (κ3) is 2.42. The maximum absolute atomic E-state index is 13.0. The van der Waals surface area contributed by atoms with E-state index in [1.165, 1.54) is 19.2 Å². The molecule has 0 amide bonds. The van der Waals surface area contributed by atoms with Gasteiger partial charge in [-0.3, -0.25) is 4.79 Å². The van der Waals surface area contributed by atoms with E-state index in [-0.39, 0.29) is 12.2 Å². The molecule has 0 aliphatic rings. The summed E-state index contributed by atoms with van der Waals surface area (Å²) in [5.41, 5.74) is -0.0598. The second-order valence-electron chi connectivity index (χ2n) is 2.53. The number of halogens is 2. The number of carbonyl (C=O) groups is 1. The van der Waals surface area contributed by atoms with Gasteiger partial charge in [0, 0.05) is 0 Å². The highest BCUT2D eigenvalue weighted by Gasteiger charge is 2.08. The van der Waals surface area contributed by atoms with E-state index in [4.69, 9.17) is 0 Å². The third-order valence-corrected chi connectivity index (χ3v) is 1.60. The van der Waals surface area contributed by atoms with Gasteiger partial charge in [-0.2, -0.15) is 0 Å². The van der Waals surface area contributed by atoms with E-state index in [2.05, 4.69) is 10.1 Å². The summed E-state index contributed by atoms with van der Waals surface area (Å²) in [5, 5.41) is 2.41. The molecule has 0 bridgehead atoms. The Kier molecular flexibility index (Phi) is 3.39. The Bertz CT molecular complexity index is 342. The molecule has 0 saturated heterocycles. The molecule has 0 radical (unpaired) electrons. The van der Waals surface area contributed by atoms with Crippen LogP contribution in [0.4, 0.5) is 14.5 Å². The number of anilines is 1. The first-order valence-electron chi connectivity index (χ1n) is 3.90. The molecule has 0 unspecified atom stereocenters. The predicted molar refractivity (Wildman–Crippen MR) is 46.9 cm³/mol. The molecule has 1 aromatic carbocycles. The first-order valence-corrected chi connectivity index (χ1v) is 3.90. The highest BCUT2D eigenvalue weighted by Crippen LogP contribution is 2.15. The molecule has 1 rings (SSSR count). The van der Waals surface area contributed by atoms with Gasteiger partial charge in [-0.25, -0.2) is 8.78 Å². The van der Waals surface area contributed by atoms with E-state index in [0.717, 1.165) is 6.07 Å². The molecule has 3 nitrogen and oxygen atoms in total. The van der Waals surface area contributed by atoms with Crippen molar-refractivity contribution in [2.45, 2.75) is 0 Å². The quantitative estimate of drug-likeness (QED) is 0.754. The molecular formula is C9H9F2NO2. The van der Waals surface area contributed by atoms with Crippen molar-refractivity contribution in [2.75, 3.05) is 19.0 Å². The van der Waals surface area contributed by atoms with Gasteiger partial charge >= 0.3 is 5.97 Å². The molecule has 1 N–H and O–H groups in total. The smallest absolute Gasteiger partial charge is 0.325 e. The van der Waals surface area contributed by atoms with E-state index in [0.29, 0.717) is 0 Å². The van der Waals surface area contributed by atoms with E-state index in [1.807, 2.05) is 0 Å². The highest BCUT2D eigenvalue weighted by molar-refractivity contribution is 5.74. The summed E-state index contributed by atoms with van der Waals surface area (Å²) in [6, 6.07) is 3.68. The number of hydrogen-bond acceptors (Lipinski definition) is 3. The van der Waals surface area contributed by atoms with Crippen molar-refractivity contribution in [3.8, 4) is 0 Å². The number of esters is 1. The minimum absolute atomic E-state index is 0.0598. The minimum atomic E-state index is -1.00. The summed E-state index contributed by atoms with van der Waals surface area (Å²) in [6.45, 7) is -0.198. The normalized spacial score (nSPS) is 9.64. The average molecular weight is 201 g/mol. The van der Waals surface area contributed by atoms with Crippen LogP contribution in [0.15, 0.2) is 18.2 Å². The van der Waals surface area contributed by atoms with Crippen LogP contribution in [0.5, 0.6) is 0 Å². The number of carbonyl (C=O) groups excluding carboxylic acids is 1. The Hall–Kier alpha value is -1.65. The Morgan fingerprint density at radius 3 is 2.86 bits per heavy atom. The number of methoxy groups -OCH3 is 1. The molecule has 0 saturated carbocycles. The minimum Gasteiger partial charge on any atom is -0.468 e.